The largest absolute Gasteiger partial charge is 0.494 e. The van der Waals surface area contributed by atoms with Gasteiger partial charge < -0.3 is 10.1 Å². The molecule has 118 valence electrons. The van der Waals surface area contributed by atoms with Gasteiger partial charge in [0.25, 0.3) is 0 Å². The molecule has 23 heavy (non-hydrogen) atoms. The fourth-order valence-electron chi connectivity index (χ4n) is 2.51. The smallest absolute Gasteiger partial charge is 0.134 e. The zero-order chi connectivity index (χ0) is 16.1. The van der Waals surface area contributed by atoms with Gasteiger partial charge in [0.2, 0.25) is 0 Å². The lowest BCUT2D eigenvalue weighted by Crippen LogP contribution is -2.08. The number of hydrogen-bond acceptors (Lipinski definition) is 4. The molecular formula is C18H18ClN3O. The fourth-order valence-corrected chi connectivity index (χ4v) is 2.65. The van der Waals surface area contributed by atoms with Crippen LogP contribution in [0, 0.1) is 0 Å². The van der Waals surface area contributed by atoms with Crippen molar-refractivity contribution in [2.24, 2.45) is 0 Å². The number of benzene rings is 2. The molecule has 0 bridgehead atoms. The van der Waals surface area contributed by atoms with Crippen molar-refractivity contribution in [1.29, 1.82) is 0 Å². The third-order valence-corrected chi connectivity index (χ3v) is 3.77. The minimum atomic E-state index is 0.434. The number of nitrogens with one attached hydrogen (secondary N) is 1. The van der Waals surface area contributed by atoms with Gasteiger partial charge in [-0.2, -0.15) is 0 Å². The van der Waals surface area contributed by atoms with Gasteiger partial charge in [0, 0.05) is 12.6 Å². The quantitative estimate of drug-likeness (QED) is 0.684. The molecule has 0 saturated carbocycles. The van der Waals surface area contributed by atoms with Crippen molar-refractivity contribution in [3.8, 4) is 5.75 Å². The van der Waals surface area contributed by atoms with Crippen molar-refractivity contribution in [1.82, 2.24) is 9.97 Å². The Morgan fingerprint density at radius 2 is 1.87 bits per heavy atom. The number of rotatable bonds is 6. The number of halogens is 1. The van der Waals surface area contributed by atoms with Crippen molar-refractivity contribution in [3.05, 3.63) is 59.5 Å². The third-order valence-electron chi connectivity index (χ3n) is 3.56. The van der Waals surface area contributed by atoms with Crippen molar-refractivity contribution in [2.75, 3.05) is 18.5 Å². The molecule has 5 heteroatoms. The Balaban J connectivity index is 1.76. The number of anilines is 1. The van der Waals surface area contributed by atoms with Crippen LogP contribution < -0.4 is 10.1 Å². The highest BCUT2D eigenvalue weighted by atomic mass is 35.5. The van der Waals surface area contributed by atoms with Crippen LogP contribution in [0.1, 0.15) is 12.5 Å². The summed E-state index contributed by atoms with van der Waals surface area (Å²) in [5.41, 5.74) is 1.18. The van der Waals surface area contributed by atoms with Crippen LogP contribution in [0.15, 0.2) is 48.8 Å². The lowest BCUT2D eigenvalue weighted by Gasteiger charge is -2.13. The molecule has 0 fully saturated rings. The van der Waals surface area contributed by atoms with E-state index in [4.69, 9.17) is 16.3 Å². The lowest BCUT2D eigenvalue weighted by atomic mass is 10.0. The van der Waals surface area contributed by atoms with E-state index in [1.165, 1.54) is 22.7 Å². The van der Waals surface area contributed by atoms with E-state index < -0.39 is 0 Å². The summed E-state index contributed by atoms with van der Waals surface area (Å²) in [5, 5.41) is 6.10. The summed E-state index contributed by atoms with van der Waals surface area (Å²) in [6, 6.07) is 14.3. The Hall–Kier alpha value is -2.33. The van der Waals surface area contributed by atoms with Gasteiger partial charge in [-0.3, -0.25) is 0 Å². The monoisotopic (exact) mass is 327 g/mol. The fraction of sp³-hybridized carbons (Fsp3) is 0.222. The minimum absolute atomic E-state index is 0.434. The van der Waals surface area contributed by atoms with E-state index in [9.17, 15) is 0 Å². The highest BCUT2D eigenvalue weighted by molar-refractivity contribution is 6.29. The molecule has 0 amide bonds. The van der Waals surface area contributed by atoms with Crippen molar-refractivity contribution in [2.45, 2.75) is 13.3 Å². The molecular weight excluding hydrogens is 310 g/mol. The maximum absolute atomic E-state index is 5.86. The first-order chi connectivity index (χ1) is 11.3. The molecule has 0 unspecified atom stereocenters. The van der Waals surface area contributed by atoms with Gasteiger partial charge in [-0.05, 0) is 41.8 Å². The van der Waals surface area contributed by atoms with Crippen LogP contribution in [0.25, 0.3) is 10.8 Å². The molecule has 0 aliphatic rings. The topological polar surface area (TPSA) is 47.0 Å². The van der Waals surface area contributed by atoms with Crippen molar-refractivity contribution >= 4 is 28.2 Å². The average Bonchev–Trinajstić information content (AvgIpc) is 2.55. The summed E-state index contributed by atoms with van der Waals surface area (Å²) in [7, 11) is 0. The highest BCUT2D eigenvalue weighted by Gasteiger charge is 2.06. The zero-order valence-electron chi connectivity index (χ0n) is 12.9. The van der Waals surface area contributed by atoms with Gasteiger partial charge in [0.15, 0.2) is 0 Å². The Labute approximate surface area is 140 Å². The van der Waals surface area contributed by atoms with Gasteiger partial charge in [-0.1, -0.05) is 35.9 Å². The predicted molar refractivity (Wildman–Crippen MR) is 94.4 cm³/mol. The van der Waals surface area contributed by atoms with E-state index in [1.54, 1.807) is 6.07 Å². The Morgan fingerprint density at radius 1 is 1.09 bits per heavy atom. The zero-order valence-corrected chi connectivity index (χ0v) is 13.7. The van der Waals surface area contributed by atoms with Gasteiger partial charge in [0.1, 0.15) is 23.0 Å². The number of fused-ring (bicyclic) bond motifs is 1. The van der Waals surface area contributed by atoms with E-state index in [2.05, 4.69) is 39.6 Å². The molecule has 1 heterocycles. The molecule has 1 N–H and O–H groups in total. The Morgan fingerprint density at radius 3 is 2.61 bits per heavy atom. The van der Waals surface area contributed by atoms with E-state index in [1.807, 2.05) is 19.1 Å². The standard InChI is InChI=1S/C18H18ClN3O/c1-2-23-16-10-14-6-4-3-5-13(14)9-15(16)7-8-20-18-11-17(19)21-12-22-18/h3-6,9-12H,2,7-8H2,1H3,(H,20,21,22). The first kappa shape index (κ1) is 15.6. The van der Waals surface area contributed by atoms with Gasteiger partial charge >= 0.3 is 0 Å². The first-order valence-corrected chi connectivity index (χ1v) is 8.00. The molecule has 0 radical (unpaired) electrons. The SMILES string of the molecule is CCOc1cc2ccccc2cc1CCNc1cc(Cl)ncn1. The number of ether oxygens (including phenoxy) is 1. The van der Waals surface area contributed by atoms with Crippen LogP contribution in [0.5, 0.6) is 5.75 Å². The molecule has 0 atom stereocenters. The maximum Gasteiger partial charge on any atom is 0.134 e. The number of hydrogen-bond donors (Lipinski definition) is 1. The predicted octanol–water partition coefficient (Wildman–Crippen LogP) is 4.34. The third kappa shape index (κ3) is 3.90. The highest BCUT2D eigenvalue weighted by Crippen LogP contribution is 2.26. The summed E-state index contributed by atoms with van der Waals surface area (Å²) in [6.45, 7) is 3.39. The molecule has 0 saturated heterocycles. The van der Waals surface area contributed by atoms with Crippen LogP contribution in [0.2, 0.25) is 5.15 Å². The molecule has 0 aliphatic carbocycles. The molecule has 0 spiro atoms. The first-order valence-electron chi connectivity index (χ1n) is 7.62. The van der Waals surface area contributed by atoms with Gasteiger partial charge in [0.05, 0.1) is 6.61 Å². The average molecular weight is 328 g/mol. The second-order valence-electron chi connectivity index (χ2n) is 5.14. The van der Waals surface area contributed by atoms with Crippen LogP contribution in [0.4, 0.5) is 5.82 Å². The molecule has 1 aromatic heterocycles. The van der Waals surface area contributed by atoms with E-state index in [-0.39, 0.29) is 0 Å². The lowest BCUT2D eigenvalue weighted by molar-refractivity contribution is 0.337. The summed E-state index contributed by atoms with van der Waals surface area (Å²) in [6.07, 6.45) is 2.29. The van der Waals surface area contributed by atoms with Crippen LogP contribution in [-0.2, 0) is 6.42 Å². The van der Waals surface area contributed by atoms with E-state index in [0.717, 1.165) is 24.5 Å². The second-order valence-corrected chi connectivity index (χ2v) is 5.53. The van der Waals surface area contributed by atoms with Gasteiger partial charge in [-0.25, -0.2) is 9.97 Å². The Bertz CT molecular complexity index is 807. The minimum Gasteiger partial charge on any atom is -0.494 e. The van der Waals surface area contributed by atoms with Gasteiger partial charge in [-0.15, -0.1) is 0 Å². The van der Waals surface area contributed by atoms with Crippen molar-refractivity contribution < 1.29 is 4.74 Å². The summed E-state index contributed by atoms with van der Waals surface area (Å²) >= 11 is 5.86. The number of nitrogens with zero attached hydrogens (tertiary/aromatic N) is 2. The Kier molecular flexibility index (Phi) is 4.93. The molecule has 4 nitrogen and oxygen atoms in total. The normalized spacial score (nSPS) is 10.7. The molecule has 2 aromatic carbocycles. The van der Waals surface area contributed by atoms with Crippen LogP contribution >= 0.6 is 11.6 Å². The second kappa shape index (κ2) is 7.29. The maximum atomic E-state index is 5.86. The van der Waals surface area contributed by atoms with Crippen LogP contribution in [-0.4, -0.2) is 23.1 Å². The number of aromatic nitrogens is 2. The van der Waals surface area contributed by atoms with E-state index >= 15 is 0 Å². The summed E-state index contributed by atoms with van der Waals surface area (Å²) < 4.78 is 5.79. The molecule has 3 aromatic rings. The molecule has 0 aliphatic heterocycles. The van der Waals surface area contributed by atoms with E-state index in [0.29, 0.717) is 11.8 Å². The van der Waals surface area contributed by atoms with Crippen molar-refractivity contribution in [3.63, 3.8) is 0 Å². The molecule has 3 rings (SSSR count). The summed E-state index contributed by atoms with van der Waals surface area (Å²) in [4.78, 5) is 8.01. The summed E-state index contributed by atoms with van der Waals surface area (Å²) in [5.74, 6) is 1.66. The van der Waals surface area contributed by atoms with Crippen LogP contribution in [0.3, 0.4) is 0 Å².